The number of aryl methyl sites for hydroxylation is 1. The molecule has 10 nitrogen and oxygen atoms in total. The number of hydrogen-bond acceptors (Lipinski definition) is 8. The number of aromatic nitrogens is 2. The largest absolute Gasteiger partial charge is 0.494 e. The van der Waals surface area contributed by atoms with Crippen LogP contribution < -0.4 is 15.0 Å². The fraction of sp³-hybridized carbons (Fsp3) is 0.393. The SMILES string of the molecule is CCCCc1nc(=O)c(S(=O)(=O)C2CCN(C(=O)c3ccc(Cl)cc3)CC2)c(O)n1-c1c(OC)cccc1OC. The van der Waals surface area contributed by atoms with Gasteiger partial charge in [-0.05, 0) is 55.7 Å². The molecule has 214 valence electrons. The second kappa shape index (κ2) is 12.3. The molecule has 1 aliphatic rings. The highest BCUT2D eigenvalue weighted by atomic mass is 35.5. The number of methoxy groups -OCH3 is 2. The second-order valence-corrected chi connectivity index (χ2v) is 12.1. The lowest BCUT2D eigenvalue weighted by Gasteiger charge is -2.32. The molecule has 0 unspecified atom stereocenters. The van der Waals surface area contributed by atoms with Gasteiger partial charge in [0, 0.05) is 30.1 Å². The quantitative estimate of drug-likeness (QED) is 0.396. The Kier molecular flexibility index (Phi) is 9.05. The number of likely N-dealkylation sites (tertiary alicyclic amines) is 1. The maximum atomic E-state index is 13.8. The third-order valence-corrected chi connectivity index (χ3v) is 9.55. The lowest BCUT2D eigenvalue weighted by Crippen LogP contribution is -2.43. The summed E-state index contributed by atoms with van der Waals surface area (Å²) in [6, 6.07) is 11.4. The van der Waals surface area contributed by atoms with Crippen molar-refractivity contribution >= 4 is 27.3 Å². The standard InChI is InChI=1S/C28H32ClN3O7S/c1-4-5-9-23-30-26(33)25(28(35)32(23)24-21(38-2)7-6-8-22(24)39-3)40(36,37)20-14-16-31(17-15-20)27(34)18-10-12-19(29)13-11-18/h6-8,10-13,20,35H,4-5,9,14-17H2,1-3H3. The molecule has 12 heteroatoms. The summed E-state index contributed by atoms with van der Waals surface area (Å²) in [5.74, 6) is -0.184. The molecule has 1 aromatic heterocycles. The van der Waals surface area contributed by atoms with Crippen LogP contribution in [0, 0.1) is 0 Å². The molecular formula is C28H32ClN3O7S. The Morgan fingerprint density at radius 2 is 1.68 bits per heavy atom. The molecule has 0 saturated carbocycles. The highest BCUT2D eigenvalue weighted by molar-refractivity contribution is 7.92. The van der Waals surface area contributed by atoms with Crippen molar-refractivity contribution in [1.29, 1.82) is 0 Å². The average Bonchev–Trinajstić information content (AvgIpc) is 2.95. The predicted octanol–water partition coefficient (Wildman–Crippen LogP) is 4.03. The molecule has 0 radical (unpaired) electrons. The number of carbonyl (C=O) groups is 1. The van der Waals surface area contributed by atoms with Gasteiger partial charge in [-0.25, -0.2) is 8.42 Å². The minimum atomic E-state index is -4.33. The zero-order valence-electron chi connectivity index (χ0n) is 22.6. The summed E-state index contributed by atoms with van der Waals surface area (Å²) < 4.78 is 39.9. The van der Waals surface area contributed by atoms with Gasteiger partial charge in [0.1, 0.15) is 23.0 Å². The summed E-state index contributed by atoms with van der Waals surface area (Å²) in [5, 5.41) is 11.0. The van der Waals surface area contributed by atoms with Gasteiger partial charge in [-0.1, -0.05) is 31.0 Å². The normalized spacial score (nSPS) is 14.2. The number of unbranched alkanes of at least 4 members (excludes halogenated alkanes) is 1. The minimum Gasteiger partial charge on any atom is -0.494 e. The Labute approximate surface area is 238 Å². The monoisotopic (exact) mass is 589 g/mol. The number of ether oxygens (including phenoxy) is 2. The maximum absolute atomic E-state index is 13.8. The molecule has 2 aromatic carbocycles. The van der Waals surface area contributed by atoms with E-state index in [9.17, 15) is 23.1 Å². The molecule has 2 heterocycles. The highest BCUT2D eigenvalue weighted by Crippen LogP contribution is 2.38. The van der Waals surface area contributed by atoms with Crippen LogP contribution in [0.5, 0.6) is 17.4 Å². The molecule has 0 bridgehead atoms. The molecule has 1 fully saturated rings. The van der Waals surface area contributed by atoms with Gasteiger partial charge < -0.3 is 19.5 Å². The van der Waals surface area contributed by atoms with Crippen LogP contribution in [0.1, 0.15) is 48.8 Å². The molecule has 0 spiro atoms. The van der Waals surface area contributed by atoms with Crippen molar-refractivity contribution in [2.75, 3.05) is 27.3 Å². The Bertz CT molecular complexity index is 1530. The van der Waals surface area contributed by atoms with Crippen LogP contribution in [0.2, 0.25) is 5.02 Å². The molecule has 40 heavy (non-hydrogen) atoms. The van der Waals surface area contributed by atoms with E-state index in [1.54, 1.807) is 47.4 Å². The van der Waals surface area contributed by atoms with E-state index >= 15 is 0 Å². The number of hydrogen-bond donors (Lipinski definition) is 1. The number of benzene rings is 2. The van der Waals surface area contributed by atoms with Crippen molar-refractivity contribution in [2.24, 2.45) is 0 Å². The number of sulfone groups is 1. The van der Waals surface area contributed by atoms with E-state index in [1.807, 2.05) is 6.92 Å². The van der Waals surface area contributed by atoms with Crippen LogP contribution in [0.3, 0.4) is 0 Å². The number of para-hydroxylation sites is 1. The summed E-state index contributed by atoms with van der Waals surface area (Å²) in [7, 11) is -1.46. The molecule has 0 aliphatic carbocycles. The summed E-state index contributed by atoms with van der Waals surface area (Å²) in [6.07, 6.45) is 1.93. The van der Waals surface area contributed by atoms with Gasteiger partial charge in [0.05, 0.1) is 19.5 Å². The van der Waals surface area contributed by atoms with Gasteiger partial charge in [-0.3, -0.25) is 14.2 Å². The number of amides is 1. The molecule has 3 aromatic rings. The summed E-state index contributed by atoms with van der Waals surface area (Å²) in [4.78, 5) is 31.0. The molecule has 1 aliphatic heterocycles. The number of piperidine rings is 1. The van der Waals surface area contributed by atoms with Crippen molar-refractivity contribution < 1.29 is 27.8 Å². The van der Waals surface area contributed by atoms with Gasteiger partial charge in [0.2, 0.25) is 5.88 Å². The molecule has 1 saturated heterocycles. The van der Waals surface area contributed by atoms with E-state index in [4.69, 9.17) is 21.1 Å². The number of carbonyl (C=O) groups excluding carboxylic acids is 1. The van der Waals surface area contributed by atoms with Gasteiger partial charge >= 0.3 is 0 Å². The third kappa shape index (κ3) is 5.66. The Morgan fingerprint density at radius 3 is 2.23 bits per heavy atom. The summed E-state index contributed by atoms with van der Waals surface area (Å²) in [5.41, 5.74) is -0.333. The topological polar surface area (TPSA) is 128 Å². The minimum absolute atomic E-state index is 0.0934. The second-order valence-electron chi connectivity index (χ2n) is 9.48. The molecule has 4 rings (SSSR count). The van der Waals surface area contributed by atoms with Crippen molar-refractivity contribution in [1.82, 2.24) is 14.5 Å². The van der Waals surface area contributed by atoms with Gasteiger partial charge in [0.15, 0.2) is 14.7 Å². The number of nitrogens with zero attached hydrogens (tertiary/aromatic N) is 3. The van der Waals surface area contributed by atoms with Crippen molar-refractivity contribution in [3.63, 3.8) is 0 Å². The Balaban J connectivity index is 1.73. The first-order valence-corrected chi connectivity index (χ1v) is 14.9. The van der Waals surface area contributed by atoms with Gasteiger partial charge in [-0.15, -0.1) is 0 Å². The summed E-state index contributed by atoms with van der Waals surface area (Å²) in [6.45, 7) is 2.31. The predicted molar refractivity (Wildman–Crippen MR) is 151 cm³/mol. The molecule has 1 N–H and O–H groups in total. The van der Waals surface area contributed by atoms with E-state index in [-0.39, 0.29) is 43.4 Å². The van der Waals surface area contributed by atoms with Crippen molar-refractivity contribution in [3.05, 3.63) is 69.2 Å². The Morgan fingerprint density at radius 1 is 1.07 bits per heavy atom. The van der Waals surface area contributed by atoms with Crippen molar-refractivity contribution in [2.45, 2.75) is 49.2 Å². The maximum Gasteiger partial charge on any atom is 0.295 e. The van der Waals surface area contributed by atoms with Gasteiger partial charge in [-0.2, -0.15) is 4.98 Å². The highest BCUT2D eigenvalue weighted by Gasteiger charge is 2.38. The zero-order valence-corrected chi connectivity index (χ0v) is 24.2. The fourth-order valence-corrected chi connectivity index (χ4v) is 6.81. The number of aromatic hydroxyl groups is 1. The molecule has 1 amide bonds. The van der Waals surface area contributed by atoms with E-state index in [1.165, 1.54) is 18.8 Å². The fourth-order valence-electron chi connectivity index (χ4n) is 4.89. The first kappa shape index (κ1) is 29.4. The lowest BCUT2D eigenvalue weighted by molar-refractivity contribution is 0.0725. The van der Waals surface area contributed by atoms with Crippen molar-refractivity contribution in [3.8, 4) is 23.1 Å². The smallest absolute Gasteiger partial charge is 0.295 e. The van der Waals surface area contributed by atoms with Crippen LogP contribution in [0.15, 0.2) is 52.2 Å². The Hall–Kier alpha value is -3.57. The van der Waals surface area contributed by atoms with Crippen LogP contribution in [0.4, 0.5) is 0 Å². The van der Waals surface area contributed by atoms with E-state index in [0.29, 0.717) is 34.9 Å². The number of rotatable bonds is 9. The first-order valence-electron chi connectivity index (χ1n) is 13.0. The van der Waals surface area contributed by atoms with Crippen LogP contribution in [0.25, 0.3) is 5.69 Å². The van der Waals surface area contributed by atoms with E-state index in [0.717, 1.165) is 6.42 Å². The first-order chi connectivity index (χ1) is 19.1. The lowest BCUT2D eigenvalue weighted by atomic mass is 10.1. The van der Waals surface area contributed by atoms with Gasteiger partial charge in [0.25, 0.3) is 11.5 Å². The molecule has 0 atom stereocenters. The summed E-state index contributed by atoms with van der Waals surface area (Å²) >= 11 is 5.92. The average molecular weight is 590 g/mol. The van der Waals surface area contributed by atoms with E-state index in [2.05, 4.69) is 4.98 Å². The van der Waals surface area contributed by atoms with E-state index < -0.39 is 31.4 Å². The third-order valence-electron chi connectivity index (χ3n) is 7.02. The van der Waals surface area contributed by atoms with Crippen LogP contribution >= 0.6 is 11.6 Å². The van der Waals surface area contributed by atoms with Crippen LogP contribution in [-0.2, 0) is 16.3 Å². The van der Waals surface area contributed by atoms with Crippen LogP contribution in [-0.4, -0.2) is 66.4 Å². The number of halogens is 1. The zero-order chi connectivity index (χ0) is 29.0. The molecular weight excluding hydrogens is 558 g/mol.